The normalized spacial score (nSPS) is 14.5. The number of nitrogens with one attached hydrogen (secondary N) is 2. The number of benzene rings is 2. The molecule has 0 bridgehead atoms. The number of piperazine rings is 1. The molecule has 0 amide bonds. The fourth-order valence-corrected chi connectivity index (χ4v) is 3.49. The van der Waals surface area contributed by atoms with Crippen molar-refractivity contribution in [3.8, 4) is 23.2 Å². The van der Waals surface area contributed by atoms with Crippen molar-refractivity contribution in [1.82, 2.24) is 35.7 Å². The van der Waals surface area contributed by atoms with E-state index in [-0.39, 0.29) is 6.01 Å². The summed E-state index contributed by atoms with van der Waals surface area (Å²) in [4.78, 5) is 2.48. The first kappa shape index (κ1) is 21.2. The van der Waals surface area contributed by atoms with Crippen molar-refractivity contribution in [2.24, 2.45) is 0 Å². The van der Waals surface area contributed by atoms with Crippen molar-refractivity contribution >= 4 is 0 Å². The van der Waals surface area contributed by atoms with Gasteiger partial charge in [0.05, 0.1) is 12.3 Å². The highest BCUT2D eigenvalue weighted by Crippen LogP contribution is 2.32. The molecule has 0 unspecified atom stereocenters. The molecular formula is C22H29N7O2. The van der Waals surface area contributed by atoms with Crippen molar-refractivity contribution in [1.29, 1.82) is 0 Å². The van der Waals surface area contributed by atoms with E-state index in [0.717, 1.165) is 57.1 Å². The van der Waals surface area contributed by atoms with Gasteiger partial charge in [-0.3, -0.25) is 4.90 Å². The number of rotatable bonds is 10. The van der Waals surface area contributed by atoms with Gasteiger partial charge >= 0.3 is 6.01 Å². The van der Waals surface area contributed by atoms with E-state index in [2.05, 4.69) is 31.1 Å². The third-order valence-electron chi connectivity index (χ3n) is 5.09. The number of aromatic nitrogens is 4. The van der Waals surface area contributed by atoms with E-state index >= 15 is 0 Å². The average Bonchev–Trinajstić information content (AvgIpc) is 3.28. The molecule has 164 valence electrons. The third-order valence-corrected chi connectivity index (χ3v) is 5.09. The van der Waals surface area contributed by atoms with E-state index in [1.807, 2.05) is 55.5 Å². The fraction of sp³-hybridized carbons (Fsp3) is 0.409. The molecule has 1 fully saturated rings. The van der Waals surface area contributed by atoms with Gasteiger partial charge in [-0.1, -0.05) is 29.4 Å². The van der Waals surface area contributed by atoms with Gasteiger partial charge < -0.3 is 20.1 Å². The molecule has 4 rings (SSSR count). The quantitative estimate of drug-likeness (QED) is 0.478. The van der Waals surface area contributed by atoms with Crippen LogP contribution in [0.15, 0.2) is 48.5 Å². The summed E-state index contributed by atoms with van der Waals surface area (Å²) >= 11 is 0. The molecule has 0 spiro atoms. The second kappa shape index (κ2) is 10.9. The Balaban J connectivity index is 1.39. The first-order chi connectivity index (χ1) is 15.3. The van der Waals surface area contributed by atoms with Crippen molar-refractivity contribution < 1.29 is 9.47 Å². The largest absolute Gasteiger partial charge is 0.490 e. The maximum Gasteiger partial charge on any atom is 0.346 e. The molecular weight excluding hydrogens is 394 g/mol. The zero-order valence-electron chi connectivity index (χ0n) is 17.8. The maximum atomic E-state index is 6.02. The minimum Gasteiger partial charge on any atom is -0.490 e. The Hall–Kier alpha value is -3.01. The van der Waals surface area contributed by atoms with Gasteiger partial charge in [0.25, 0.3) is 0 Å². The molecule has 2 heterocycles. The second-order valence-corrected chi connectivity index (χ2v) is 7.29. The van der Waals surface area contributed by atoms with E-state index in [1.165, 1.54) is 0 Å². The van der Waals surface area contributed by atoms with E-state index in [0.29, 0.717) is 18.1 Å². The molecule has 0 radical (unpaired) electrons. The van der Waals surface area contributed by atoms with Crippen LogP contribution >= 0.6 is 0 Å². The van der Waals surface area contributed by atoms with E-state index in [1.54, 1.807) is 4.68 Å². The van der Waals surface area contributed by atoms with Gasteiger partial charge in [0.2, 0.25) is 0 Å². The molecule has 1 saturated heterocycles. The molecule has 9 nitrogen and oxygen atoms in total. The summed E-state index contributed by atoms with van der Waals surface area (Å²) in [6.45, 7) is 9.66. The Bertz CT molecular complexity index is 942. The molecule has 0 atom stereocenters. The first-order valence-corrected chi connectivity index (χ1v) is 10.7. The fourth-order valence-electron chi connectivity index (χ4n) is 3.49. The van der Waals surface area contributed by atoms with Crippen LogP contribution in [0.25, 0.3) is 5.69 Å². The van der Waals surface area contributed by atoms with E-state index in [9.17, 15) is 0 Å². The summed E-state index contributed by atoms with van der Waals surface area (Å²) < 4.78 is 13.4. The summed E-state index contributed by atoms with van der Waals surface area (Å²) in [6.07, 6.45) is 0. The third kappa shape index (κ3) is 5.78. The van der Waals surface area contributed by atoms with Crippen molar-refractivity contribution in [2.75, 3.05) is 45.9 Å². The van der Waals surface area contributed by atoms with Crippen LogP contribution < -0.4 is 20.1 Å². The average molecular weight is 424 g/mol. The lowest BCUT2D eigenvalue weighted by Gasteiger charge is -2.27. The smallest absolute Gasteiger partial charge is 0.346 e. The molecule has 3 aromatic rings. The molecule has 0 aliphatic carbocycles. The van der Waals surface area contributed by atoms with Crippen LogP contribution in [0, 0.1) is 0 Å². The number of hydrogen-bond acceptors (Lipinski definition) is 8. The number of tetrazole rings is 1. The highest BCUT2D eigenvalue weighted by Gasteiger charge is 2.14. The number of hydrogen-bond donors (Lipinski definition) is 2. The molecule has 1 aliphatic heterocycles. The van der Waals surface area contributed by atoms with E-state index in [4.69, 9.17) is 9.47 Å². The van der Waals surface area contributed by atoms with Gasteiger partial charge in [-0.2, -0.15) is 4.68 Å². The van der Waals surface area contributed by atoms with Crippen LogP contribution in [-0.2, 0) is 6.54 Å². The Labute approximate surface area is 182 Å². The van der Waals surface area contributed by atoms with Crippen LogP contribution in [0.2, 0.25) is 0 Å². The Morgan fingerprint density at radius 3 is 2.71 bits per heavy atom. The first-order valence-electron chi connectivity index (χ1n) is 10.7. The van der Waals surface area contributed by atoms with Gasteiger partial charge in [-0.25, -0.2) is 0 Å². The Morgan fingerprint density at radius 1 is 1.06 bits per heavy atom. The van der Waals surface area contributed by atoms with Crippen LogP contribution in [0.3, 0.4) is 0 Å². The summed E-state index contributed by atoms with van der Waals surface area (Å²) in [5.74, 6) is 1.25. The van der Waals surface area contributed by atoms with Gasteiger partial charge in [0, 0.05) is 45.8 Å². The number of para-hydroxylation sites is 1. The molecule has 0 saturated carbocycles. The SMILES string of the molecule is CCOc1cc(CNCCN2CCNCC2)ccc1Oc1nnnn1-c1ccccc1. The lowest BCUT2D eigenvalue weighted by Crippen LogP contribution is -2.45. The standard InChI is InChI=1S/C22H29N7O2/c1-2-30-21-16-18(17-24-12-15-28-13-10-23-11-14-28)8-9-20(21)31-22-25-26-27-29(22)19-6-4-3-5-7-19/h3-9,16,23-24H,2,10-15,17H2,1H3. The lowest BCUT2D eigenvalue weighted by atomic mass is 10.2. The highest BCUT2D eigenvalue weighted by molar-refractivity contribution is 5.44. The molecule has 9 heteroatoms. The molecule has 1 aromatic heterocycles. The second-order valence-electron chi connectivity index (χ2n) is 7.29. The van der Waals surface area contributed by atoms with Gasteiger partial charge in [-0.15, -0.1) is 0 Å². The maximum absolute atomic E-state index is 6.02. The monoisotopic (exact) mass is 423 g/mol. The van der Waals surface area contributed by atoms with Crippen molar-refractivity contribution in [3.05, 3.63) is 54.1 Å². The van der Waals surface area contributed by atoms with Crippen LogP contribution in [0.5, 0.6) is 17.5 Å². The molecule has 1 aliphatic rings. The highest BCUT2D eigenvalue weighted by atomic mass is 16.5. The summed E-state index contributed by atoms with van der Waals surface area (Å²) in [6, 6.07) is 15.9. The Kier molecular flexibility index (Phi) is 7.43. The molecule has 2 aromatic carbocycles. The number of ether oxygens (including phenoxy) is 2. The predicted molar refractivity (Wildman–Crippen MR) is 118 cm³/mol. The van der Waals surface area contributed by atoms with Crippen molar-refractivity contribution in [3.63, 3.8) is 0 Å². The molecule has 31 heavy (non-hydrogen) atoms. The number of nitrogens with zero attached hydrogens (tertiary/aromatic N) is 5. The summed E-state index contributed by atoms with van der Waals surface area (Å²) in [5, 5.41) is 18.7. The van der Waals surface area contributed by atoms with Gasteiger partial charge in [0.1, 0.15) is 0 Å². The topological polar surface area (TPSA) is 89.4 Å². The lowest BCUT2D eigenvalue weighted by molar-refractivity contribution is 0.241. The van der Waals surface area contributed by atoms with Crippen LogP contribution in [-0.4, -0.2) is 71.0 Å². The molecule has 2 N–H and O–H groups in total. The van der Waals surface area contributed by atoms with Crippen molar-refractivity contribution in [2.45, 2.75) is 13.5 Å². The predicted octanol–water partition coefficient (Wildman–Crippen LogP) is 1.85. The zero-order chi connectivity index (χ0) is 21.3. The van der Waals surface area contributed by atoms with Crippen LogP contribution in [0.4, 0.5) is 0 Å². The Morgan fingerprint density at radius 2 is 1.90 bits per heavy atom. The van der Waals surface area contributed by atoms with Crippen LogP contribution in [0.1, 0.15) is 12.5 Å². The zero-order valence-corrected chi connectivity index (χ0v) is 17.8. The summed E-state index contributed by atoms with van der Waals surface area (Å²) in [7, 11) is 0. The minimum absolute atomic E-state index is 0.286. The minimum atomic E-state index is 0.286. The van der Waals surface area contributed by atoms with Gasteiger partial charge in [-0.05, 0) is 47.2 Å². The summed E-state index contributed by atoms with van der Waals surface area (Å²) in [5.41, 5.74) is 1.96. The van der Waals surface area contributed by atoms with E-state index < -0.39 is 0 Å². The van der Waals surface area contributed by atoms with Gasteiger partial charge in [0.15, 0.2) is 11.5 Å².